The minimum absolute atomic E-state index is 0.274. The number of benzene rings is 2. The highest BCUT2D eigenvalue weighted by Gasteiger charge is 2.21. The van der Waals surface area contributed by atoms with Crippen LogP contribution in [-0.2, 0) is 6.54 Å². The number of hydrogen-bond acceptors (Lipinski definition) is 3. The summed E-state index contributed by atoms with van der Waals surface area (Å²) in [4.78, 5) is 12.7. The lowest BCUT2D eigenvalue weighted by Gasteiger charge is -2.08. The van der Waals surface area contributed by atoms with E-state index in [4.69, 9.17) is 27.9 Å². The van der Waals surface area contributed by atoms with Crippen molar-refractivity contribution in [3.63, 3.8) is 0 Å². The average molecular weight is 404 g/mol. The third kappa shape index (κ3) is 4.43. The molecule has 3 aromatic rings. The van der Waals surface area contributed by atoms with Crippen LogP contribution in [0.5, 0.6) is 5.75 Å². The maximum Gasteiger partial charge on any atom is 0.260 e. The van der Waals surface area contributed by atoms with E-state index in [9.17, 15) is 4.79 Å². The van der Waals surface area contributed by atoms with Crippen LogP contribution >= 0.6 is 23.2 Å². The van der Waals surface area contributed by atoms with E-state index in [0.29, 0.717) is 35.1 Å². The second kappa shape index (κ2) is 8.46. The zero-order valence-electron chi connectivity index (χ0n) is 15.0. The standard InChI is InChI=1S/C20H19Cl2N3O2/c1-3-27-16-10-8-15(9-11-16)23-20(26)18-13(2)24-25(19(18)22)12-14-6-4-5-7-17(14)21/h4-11H,3,12H2,1-2H3,(H,23,26). The Balaban J connectivity index is 1.79. The first-order valence-corrected chi connectivity index (χ1v) is 9.25. The number of halogens is 2. The Bertz CT molecular complexity index is 952. The summed E-state index contributed by atoms with van der Waals surface area (Å²) in [6, 6.07) is 14.6. The maximum atomic E-state index is 12.7. The van der Waals surface area contributed by atoms with Crippen LogP contribution in [0.4, 0.5) is 5.69 Å². The molecule has 0 fully saturated rings. The molecule has 2 aromatic carbocycles. The van der Waals surface area contributed by atoms with Crippen molar-refractivity contribution >= 4 is 34.8 Å². The molecule has 0 spiro atoms. The van der Waals surface area contributed by atoms with E-state index in [2.05, 4.69) is 10.4 Å². The van der Waals surface area contributed by atoms with Crippen molar-refractivity contribution in [3.8, 4) is 5.75 Å². The number of nitrogens with zero attached hydrogens (tertiary/aromatic N) is 2. The number of rotatable bonds is 6. The first-order valence-electron chi connectivity index (χ1n) is 8.50. The van der Waals surface area contributed by atoms with Crippen molar-refractivity contribution in [3.05, 3.63) is 75.5 Å². The predicted molar refractivity (Wildman–Crippen MR) is 108 cm³/mol. The van der Waals surface area contributed by atoms with Crippen LogP contribution in [0.3, 0.4) is 0 Å². The number of aryl methyl sites for hydroxylation is 1. The number of carbonyl (C=O) groups is 1. The number of carbonyl (C=O) groups excluding carboxylic acids is 1. The van der Waals surface area contributed by atoms with Gasteiger partial charge in [-0.1, -0.05) is 41.4 Å². The van der Waals surface area contributed by atoms with E-state index < -0.39 is 0 Å². The molecule has 0 aliphatic heterocycles. The zero-order valence-corrected chi connectivity index (χ0v) is 16.5. The van der Waals surface area contributed by atoms with Gasteiger partial charge in [-0.25, -0.2) is 4.68 Å². The van der Waals surface area contributed by atoms with Gasteiger partial charge in [0.1, 0.15) is 10.9 Å². The van der Waals surface area contributed by atoms with Gasteiger partial charge in [0.2, 0.25) is 0 Å². The molecule has 0 saturated carbocycles. The predicted octanol–water partition coefficient (Wildman–Crippen LogP) is 5.20. The van der Waals surface area contributed by atoms with Gasteiger partial charge in [-0.05, 0) is 49.7 Å². The molecule has 1 amide bonds. The van der Waals surface area contributed by atoms with Gasteiger partial charge in [-0.3, -0.25) is 4.79 Å². The minimum atomic E-state index is -0.313. The molecule has 7 heteroatoms. The molecule has 1 aromatic heterocycles. The monoisotopic (exact) mass is 403 g/mol. The van der Waals surface area contributed by atoms with Gasteiger partial charge in [0, 0.05) is 10.7 Å². The van der Waals surface area contributed by atoms with Crippen molar-refractivity contribution < 1.29 is 9.53 Å². The molecular formula is C20H19Cl2N3O2. The van der Waals surface area contributed by atoms with E-state index in [0.717, 1.165) is 11.3 Å². The summed E-state index contributed by atoms with van der Waals surface area (Å²) in [5.74, 6) is 0.435. The van der Waals surface area contributed by atoms with Crippen molar-refractivity contribution in [2.24, 2.45) is 0 Å². The highest BCUT2D eigenvalue weighted by atomic mass is 35.5. The molecule has 27 heavy (non-hydrogen) atoms. The number of amides is 1. The van der Waals surface area contributed by atoms with E-state index in [-0.39, 0.29) is 11.1 Å². The van der Waals surface area contributed by atoms with Crippen LogP contribution < -0.4 is 10.1 Å². The number of anilines is 1. The second-order valence-corrected chi connectivity index (χ2v) is 6.68. The number of hydrogen-bond donors (Lipinski definition) is 1. The number of nitrogens with one attached hydrogen (secondary N) is 1. The normalized spacial score (nSPS) is 10.7. The molecule has 1 N–H and O–H groups in total. The Morgan fingerprint density at radius 2 is 1.85 bits per heavy atom. The molecule has 1 heterocycles. The summed E-state index contributed by atoms with van der Waals surface area (Å²) < 4.78 is 6.97. The summed E-state index contributed by atoms with van der Waals surface area (Å²) in [6.45, 7) is 4.64. The first kappa shape index (κ1) is 19.3. The summed E-state index contributed by atoms with van der Waals surface area (Å²) in [7, 11) is 0. The Kier molecular flexibility index (Phi) is 6.04. The fourth-order valence-electron chi connectivity index (χ4n) is 2.70. The van der Waals surface area contributed by atoms with Crippen molar-refractivity contribution in [1.82, 2.24) is 9.78 Å². The minimum Gasteiger partial charge on any atom is -0.494 e. The molecule has 0 aliphatic carbocycles. The van der Waals surface area contributed by atoms with Gasteiger partial charge in [0.15, 0.2) is 0 Å². The van der Waals surface area contributed by atoms with E-state index in [1.54, 1.807) is 41.9 Å². The number of ether oxygens (including phenoxy) is 1. The lowest BCUT2D eigenvalue weighted by atomic mass is 10.2. The van der Waals surface area contributed by atoms with Crippen molar-refractivity contribution in [1.29, 1.82) is 0 Å². The second-order valence-electron chi connectivity index (χ2n) is 5.91. The molecule has 0 aliphatic rings. The van der Waals surface area contributed by atoms with Crippen molar-refractivity contribution in [2.75, 3.05) is 11.9 Å². The summed E-state index contributed by atoms with van der Waals surface area (Å²) in [6.07, 6.45) is 0. The van der Waals surface area contributed by atoms with Gasteiger partial charge in [0.05, 0.1) is 24.4 Å². The molecule has 0 saturated heterocycles. The average Bonchev–Trinajstić information content (AvgIpc) is 2.92. The van der Waals surface area contributed by atoms with Gasteiger partial charge in [0.25, 0.3) is 5.91 Å². The molecule has 0 unspecified atom stereocenters. The van der Waals surface area contributed by atoms with E-state index >= 15 is 0 Å². The Morgan fingerprint density at radius 1 is 1.15 bits per heavy atom. The van der Waals surface area contributed by atoms with Crippen LogP contribution in [0.2, 0.25) is 10.2 Å². The van der Waals surface area contributed by atoms with Crippen LogP contribution in [-0.4, -0.2) is 22.3 Å². The van der Waals surface area contributed by atoms with Gasteiger partial charge >= 0.3 is 0 Å². The molecule has 0 atom stereocenters. The lowest BCUT2D eigenvalue weighted by Crippen LogP contribution is -2.13. The Hall–Kier alpha value is -2.50. The highest BCUT2D eigenvalue weighted by molar-refractivity contribution is 6.34. The van der Waals surface area contributed by atoms with Gasteiger partial charge in [-0.2, -0.15) is 5.10 Å². The van der Waals surface area contributed by atoms with Crippen LogP contribution in [0.25, 0.3) is 0 Å². The fourth-order valence-corrected chi connectivity index (χ4v) is 3.21. The maximum absolute atomic E-state index is 12.7. The highest BCUT2D eigenvalue weighted by Crippen LogP contribution is 2.25. The van der Waals surface area contributed by atoms with Crippen LogP contribution in [0.1, 0.15) is 28.5 Å². The summed E-state index contributed by atoms with van der Waals surface area (Å²) >= 11 is 12.6. The van der Waals surface area contributed by atoms with Gasteiger partial charge in [-0.15, -0.1) is 0 Å². The molecule has 5 nitrogen and oxygen atoms in total. The molecular weight excluding hydrogens is 385 g/mol. The molecule has 0 radical (unpaired) electrons. The Morgan fingerprint density at radius 3 is 2.52 bits per heavy atom. The lowest BCUT2D eigenvalue weighted by molar-refractivity contribution is 0.102. The number of aromatic nitrogens is 2. The zero-order chi connectivity index (χ0) is 19.4. The smallest absolute Gasteiger partial charge is 0.260 e. The largest absolute Gasteiger partial charge is 0.494 e. The summed E-state index contributed by atoms with van der Waals surface area (Å²) in [5, 5.41) is 8.13. The van der Waals surface area contributed by atoms with Crippen LogP contribution in [0.15, 0.2) is 48.5 Å². The third-order valence-electron chi connectivity index (χ3n) is 3.99. The van der Waals surface area contributed by atoms with E-state index in [1.165, 1.54) is 0 Å². The fraction of sp³-hybridized carbons (Fsp3) is 0.200. The van der Waals surface area contributed by atoms with Crippen molar-refractivity contribution in [2.45, 2.75) is 20.4 Å². The molecule has 0 bridgehead atoms. The topological polar surface area (TPSA) is 56.1 Å². The van der Waals surface area contributed by atoms with Crippen LogP contribution in [0, 0.1) is 6.92 Å². The quantitative estimate of drug-likeness (QED) is 0.615. The molecule has 140 valence electrons. The molecule has 3 rings (SSSR count). The first-order chi connectivity index (χ1) is 13.0. The SMILES string of the molecule is CCOc1ccc(NC(=O)c2c(C)nn(Cc3ccccc3Cl)c2Cl)cc1. The summed E-state index contributed by atoms with van der Waals surface area (Å²) in [5.41, 5.74) is 2.42. The van der Waals surface area contributed by atoms with E-state index in [1.807, 2.05) is 25.1 Å². The van der Waals surface area contributed by atoms with Gasteiger partial charge < -0.3 is 10.1 Å². The third-order valence-corrected chi connectivity index (χ3v) is 4.75. The Labute approximate surface area is 167 Å².